The molecule has 0 spiro atoms. The van der Waals surface area contributed by atoms with Gasteiger partial charge in [0.15, 0.2) is 0 Å². The Labute approximate surface area is 124 Å². The number of hydrogen-bond donors (Lipinski definition) is 1. The van der Waals surface area contributed by atoms with Crippen LogP contribution in [-0.2, 0) is 4.79 Å². The molecular weight excluding hydrogens is 278 g/mol. The summed E-state index contributed by atoms with van der Waals surface area (Å²) >= 11 is 6.05. The van der Waals surface area contributed by atoms with Crippen LogP contribution in [0.2, 0.25) is 5.02 Å². The summed E-state index contributed by atoms with van der Waals surface area (Å²) < 4.78 is 0. The molecule has 0 aliphatic rings. The van der Waals surface area contributed by atoms with Gasteiger partial charge in [-0.3, -0.25) is 9.59 Å². The Hall–Kier alpha value is -1.55. The summed E-state index contributed by atoms with van der Waals surface area (Å²) in [5, 5.41) is 9.41. The second kappa shape index (κ2) is 7.29. The molecule has 0 saturated heterocycles. The number of nitrogens with zero attached hydrogens (tertiary/aromatic N) is 1. The van der Waals surface area contributed by atoms with E-state index in [-0.39, 0.29) is 18.5 Å². The van der Waals surface area contributed by atoms with Gasteiger partial charge in [0.2, 0.25) is 0 Å². The lowest BCUT2D eigenvalue weighted by molar-refractivity contribution is -0.141. The van der Waals surface area contributed by atoms with E-state index in [0.29, 0.717) is 10.6 Å². The minimum absolute atomic E-state index is 0.0411. The quantitative estimate of drug-likeness (QED) is 0.876. The average Bonchev–Trinajstić information content (AvgIpc) is 2.43. The first-order valence-corrected chi connectivity index (χ1v) is 7.04. The van der Waals surface area contributed by atoms with Crippen LogP contribution in [0.25, 0.3) is 0 Å². The van der Waals surface area contributed by atoms with Gasteiger partial charge in [-0.15, -0.1) is 0 Å². The van der Waals surface area contributed by atoms with Crippen molar-refractivity contribution in [3.8, 4) is 0 Å². The Morgan fingerprint density at radius 1 is 1.30 bits per heavy atom. The van der Waals surface area contributed by atoms with Crippen LogP contribution in [-0.4, -0.2) is 34.5 Å². The van der Waals surface area contributed by atoms with Crippen molar-refractivity contribution in [2.75, 3.05) is 6.54 Å². The summed E-state index contributed by atoms with van der Waals surface area (Å²) in [6, 6.07) is 6.78. The van der Waals surface area contributed by atoms with Crippen LogP contribution < -0.4 is 0 Å². The van der Waals surface area contributed by atoms with E-state index < -0.39 is 11.9 Å². The molecule has 0 heterocycles. The molecule has 0 bridgehead atoms. The van der Waals surface area contributed by atoms with Gasteiger partial charge in [0.1, 0.15) is 0 Å². The van der Waals surface area contributed by atoms with Gasteiger partial charge < -0.3 is 10.0 Å². The van der Waals surface area contributed by atoms with Crippen LogP contribution in [0.1, 0.15) is 37.6 Å². The van der Waals surface area contributed by atoms with Gasteiger partial charge in [0.05, 0.1) is 16.5 Å². The first-order valence-electron chi connectivity index (χ1n) is 6.66. The zero-order chi connectivity index (χ0) is 15.3. The minimum atomic E-state index is -0.912. The predicted octanol–water partition coefficient (Wildman–Crippen LogP) is 3.30. The Bertz CT molecular complexity index is 490. The number of halogens is 1. The van der Waals surface area contributed by atoms with Crippen LogP contribution in [0.15, 0.2) is 24.3 Å². The van der Waals surface area contributed by atoms with Gasteiger partial charge in [-0.25, -0.2) is 0 Å². The van der Waals surface area contributed by atoms with Crippen LogP contribution in [0.4, 0.5) is 0 Å². The standard InChI is InChI=1S/C15H20ClNO3/c1-4-11(3)17(9-10(2)15(19)20)14(18)12-7-5-6-8-13(12)16/h5-8,10-11H,4,9H2,1-3H3,(H,19,20). The largest absolute Gasteiger partial charge is 0.481 e. The molecule has 1 N–H and O–H groups in total. The number of rotatable bonds is 6. The molecule has 0 aliphatic heterocycles. The lowest BCUT2D eigenvalue weighted by atomic mass is 10.1. The van der Waals surface area contributed by atoms with Crippen molar-refractivity contribution in [3.63, 3.8) is 0 Å². The molecule has 1 aromatic carbocycles. The van der Waals surface area contributed by atoms with Gasteiger partial charge in [-0.2, -0.15) is 0 Å². The lowest BCUT2D eigenvalue weighted by Gasteiger charge is -2.30. The van der Waals surface area contributed by atoms with E-state index in [4.69, 9.17) is 16.7 Å². The number of aliphatic carboxylic acids is 1. The SMILES string of the molecule is CCC(C)N(CC(C)C(=O)O)C(=O)c1ccccc1Cl. The molecule has 0 saturated carbocycles. The van der Waals surface area contributed by atoms with Crippen LogP contribution >= 0.6 is 11.6 Å². The van der Waals surface area contributed by atoms with E-state index in [1.54, 1.807) is 36.1 Å². The Morgan fingerprint density at radius 3 is 2.40 bits per heavy atom. The van der Waals surface area contributed by atoms with Crippen molar-refractivity contribution >= 4 is 23.5 Å². The molecule has 1 amide bonds. The highest BCUT2D eigenvalue weighted by Gasteiger charge is 2.26. The normalized spacial score (nSPS) is 13.6. The van der Waals surface area contributed by atoms with Crippen LogP contribution in [0, 0.1) is 5.92 Å². The van der Waals surface area contributed by atoms with Gasteiger partial charge >= 0.3 is 5.97 Å². The average molecular weight is 298 g/mol. The molecule has 110 valence electrons. The fourth-order valence-electron chi connectivity index (χ4n) is 1.85. The summed E-state index contributed by atoms with van der Waals surface area (Å²) in [6.45, 7) is 5.64. The molecular formula is C15H20ClNO3. The van der Waals surface area contributed by atoms with Crippen molar-refractivity contribution in [2.24, 2.45) is 5.92 Å². The van der Waals surface area contributed by atoms with Crippen LogP contribution in [0.5, 0.6) is 0 Å². The number of amides is 1. The maximum Gasteiger partial charge on any atom is 0.308 e. The molecule has 20 heavy (non-hydrogen) atoms. The highest BCUT2D eigenvalue weighted by Crippen LogP contribution is 2.20. The maximum absolute atomic E-state index is 12.6. The zero-order valence-corrected chi connectivity index (χ0v) is 12.7. The molecule has 1 rings (SSSR count). The highest BCUT2D eigenvalue weighted by molar-refractivity contribution is 6.33. The van der Waals surface area contributed by atoms with Gasteiger partial charge in [0.25, 0.3) is 5.91 Å². The number of carboxylic acid groups (broad SMARTS) is 1. The Balaban J connectivity index is 3.02. The molecule has 4 nitrogen and oxygen atoms in total. The molecule has 0 aliphatic carbocycles. The third kappa shape index (κ3) is 3.97. The number of carbonyl (C=O) groups is 2. The van der Waals surface area contributed by atoms with Crippen molar-refractivity contribution in [1.82, 2.24) is 4.90 Å². The summed E-state index contributed by atoms with van der Waals surface area (Å²) in [5.41, 5.74) is 0.409. The second-order valence-corrected chi connectivity index (χ2v) is 5.34. The third-order valence-corrected chi connectivity index (χ3v) is 3.71. The van der Waals surface area contributed by atoms with E-state index in [2.05, 4.69) is 0 Å². The fourth-order valence-corrected chi connectivity index (χ4v) is 2.06. The maximum atomic E-state index is 12.6. The monoisotopic (exact) mass is 297 g/mol. The number of benzene rings is 1. The molecule has 1 aromatic rings. The van der Waals surface area contributed by atoms with Gasteiger partial charge in [0, 0.05) is 12.6 Å². The first kappa shape index (κ1) is 16.5. The van der Waals surface area contributed by atoms with E-state index in [1.807, 2.05) is 13.8 Å². The molecule has 5 heteroatoms. The third-order valence-electron chi connectivity index (χ3n) is 3.38. The predicted molar refractivity (Wildman–Crippen MR) is 79.0 cm³/mol. The van der Waals surface area contributed by atoms with E-state index >= 15 is 0 Å². The second-order valence-electron chi connectivity index (χ2n) is 4.93. The molecule has 2 unspecified atom stereocenters. The molecule has 0 aromatic heterocycles. The number of hydrogen-bond acceptors (Lipinski definition) is 2. The van der Waals surface area contributed by atoms with Crippen molar-refractivity contribution in [3.05, 3.63) is 34.9 Å². The summed E-state index contributed by atoms with van der Waals surface area (Å²) in [4.78, 5) is 25.2. The molecule has 2 atom stereocenters. The summed E-state index contributed by atoms with van der Waals surface area (Å²) in [7, 11) is 0. The number of carboxylic acids is 1. The lowest BCUT2D eigenvalue weighted by Crippen LogP contribution is -2.42. The highest BCUT2D eigenvalue weighted by atomic mass is 35.5. The van der Waals surface area contributed by atoms with Gasteiger partial charge in [-0.1, -0.05) is 37.6 Å². The fraction of sp³-hybridized carbons (Fsp3) is 0.467. The summed E-state index contributed by atoms with van der Waals surface area (Å²) in [6.07, 6.45) is 0.753. The molecule has 0 fully saturated rings. The Morgan fingerprint density at radius 2 is 1.90 bits per heavy atom. The minimum Gasteiger partial charge on any atom is -0.481 e. The van der Waals surface area contributed by atoms with E-state index in [9.17, 15) is 9.59 Å². The molecule has 0 radical (unpaired) electrons. The van der Waals surface area contributed by atoms with Gasteiger partial charge in [-0.05, 0) is 25.5 Å². The number of carbonyl (C=O) groups excluding carboxylic acids is 1. The van der Waals surface area contributed by atoms with Crippen LogP contribution in [0.3, 0.4) is 0 Å². The van der Waals surface area contributed by atoms with Crippen molar-refractivity contribution < 1.29 is 14.7 Å². The Kier molecular flexibility index (Phi) is 6.02. The van der Waals surface area contributed by atoms with Crippen molar-refractivity contribution in [2.45, 2.75) is 33.2 Å². The van der Waals surface area contributed by atoms with E-state index in [1.165, 1.54) is 0 Å². The van der Waals surface area contributed by atoms with E-state index in [0.717, 1.165) is 6.42 Å². The summed E-state index contributed by atoms with van der Waals surface area (Å²) in [5.74, 6) is -1.75. The topological polar surface area (TPSA) is 57.6 Å². The van der Waals surface area contributed by atoms with Crippen molar-refractivity contribution in [1.29, 1.82) is 0 Å². The zero-order valence-electron chi connectivity index (χ0n) is 12.0. The smallest absolute Gasteiger partial charge is 0.308 e. The first-order chi connectivity index (χ1) is 9.38.